The van der Waals surface area contributed by atoms with Crippen LogP contribution in [-0.2, 0) is 10.0 Å². The molecule has 5 nitrogen and oxygen atoms in total. The summed E-state index contributed by atoms with van der Waals surface area (Å²) in [5.74, 6) is 0. The molecule has 1 aromatic carbocycles. The monoisotopic (exact) mass is 313 g/mol. The van der Waals surface area contributed by atoms with Crippen molar-refractivity contribution < 1.29 is 18.6 Å². The van der Waals surface area contributed by atoms with Gasteiger partial charge in [-0.05, 0) is 18.2 Å². The topological polar surface area (TPSA) is 77.8 Å². The smallest absolute Gasteiger partial charge is 0.244 e. The van der Waals surface area contributed by atoms with Gasteiger partial charge in [0.2, 0.25) is 10.0 Å². The molecule has 0 aliphatic heterocycles. The van der Waals surface area contributed by atoms with Crippen LogP contribution in [0.2, 0.25) is 10.0 Å². The number of halogens is 2. The Kier molecular flexibility index (Phi) is 5.39. The molecule has 2 N–H and O–H groups in total. The van der Waals surface area contributed by atoms with Crippen LogP contribution in [-0.4, -0.2) is 49.2 Å². The van der Waals surface area contributed by atoms with E-state index in [1.165, 1.54) is 25.2 Å². The summed E-state index contributed by atoms with van der Waals surface area (Å²) in [6.07, 6.45) is -1.14. The van der Waals surface area contributed by atoms with Crippen molar-refractivity contribution in [1.29, 1.82) is 0 Å². The molecule has 1 aromatic rings. The Hall–Kier alpha value is -0.370. The minimum atomic E-state index is -3.82. The first-order valence-electron chi connectivity index (χ1n) is 4.99. The molecule has 0 saturated carbocycles. The van der Waals surface area contributed by atoms with Crippen LogP contribution in [0, 0.1) is 0 Å². The summed E-state index contributed by atoms with van der Waals surface area (Å²) in [6.45, 7) is -0.744. The number of hydrogen-bond donors (Lipinski definition) is 2. The molecule has 0 amide bonds. The van der Waals surface area contributed by atoms with Crippen LogP contribution in [0.15, 0.2) is 23.1 Å². The number of aliphatic hydroxyl groups excluding tert-OH is 2. The highest BCUT2D eigenvalue weighted by atomic mass is 35.5. The number of likely N-dealkylation sites (N-methyl/N-ethyl adjacent to an activating group) is 1. The lowest BCUT2D eigenvalue weighted by Gasteiger charge is -2.20. The second-order valence-corrected chi connectivity index (χ2v) is 6.55. The molecule has 0 saturated heterocycles. The third kappa shape index (κ3) is 3.57. The lowest BCUT2D eigenvalue weighted by Crippen LogP contribution is -2.36. The van der Waals surface area contributed by atoms with E-state index in [1.54, 1.807) is 0 Å². The van der Waals surface area contributed by atoms with Gasteiger partial charge in [0.15, 0.2) is 0 Å². The Bertz CT molecular complexity index is 521. The first-order valence-corrected chi connectivity index (χ1v) is 7.19. The van der Waals surface area contributed by atoms with Crippen LogP contribution in [0.3, 0.4) is 0 Å². The summed E-state index contributed by atoms with van der Waals surface area (Å²) < 4.78 is 25.2. The van der Waals surface area contributed by atoms with Gasteiger partial charge in [-0.15, -0.1) is 0 Å². The average molecular weight is 314 g/mol. The second kappa shape index (κ2) is 6.18. The largest absolute Gasteiger partial charge is 0.394 e. The zero-order chi connectivity index (χ0) is 13.9. The molecule has 0 fully saturated rings. The van der Waals surface area contributed by atoms with Crippen molar-refractivity contribution in [3.8, 4) is 0 Å². The maximum atomic E-state index is 12.1. The van der Waals surface area contributed by atoms with Crippen LogP contribution >= 0.6 is 23.2 Å². The Morgan fingerprint density at radius 2 is 2.00 bits per heavy atom. The highest BCUT2D eigenvalue weighted by Gasteiger charge is 2.25. The van der Waals surface area contributed by atoms with Gasteiger partial charge in [0.05, 0.1) is 17.7 Å². The molecule has 0 aromatic heterocycles. The first-order chi connectivity index (χ1) is 8.28. The van der Waals surface area contributed by atoms with E-state index in [1.807, 2.05) is 0 Å². The normalized spacial score (nSPS) is 13.9. The zero-order valence-electron chi connectivity index (χ0n) is 9.55. The lowest BCUT2D eigenvalue weighted by molar-refractivity contribution is 0.0826. The number of benzene rings is 1. The zero-order valence-corrected chi connectivity index (χ0v) is 11.9. The van der Waals surface area contributed by atoms with Gasteiger partial charge in [-0.1, -0.05) is 23.2 Å². The van der Waals surface area contributed by atoms with E-state index in [9.17, 15) is 13.5 Å². The summed E-state index contributed by atoms with van der Waals surface area (Å²) in [5, 5.41) is 18.3. The predicted molar refractivity (Wildman–Crippen MR) is 69.4 cm³/mol. The van der Waals surface area contributed by atoms with Gasteiger partial charge in [-0.3, -0.25) is 0 Å². The SMILES string of the molecule is CN(CC(O)CO)S(=O)(=O)c1ccc(Cl)cc1Cl. The van der Waals surface area contributed by atoms with Gasteiger partial charge in [-0.2, -0.15) is 4.31 Å². The Balaban J connectivity index is 3.06. The second-order valence-electron chi connectivity index (χ2n) is 3.70. The molecule has 1 rings (SSSR count). The molecule has 0 aliphatic rings. The van der Waals surface area contributed by atoms with Crippen LogP contribution in [0.4, 0.5) is 0 Å². The molecule has 18 heavy (non-hydrogen) atoms. The summed E-state index contributed by atoms with van der Waals surface area (Å²) in [6, 6.07) is 4.03. The van der Waals surface area contributed by atoms with Gasteiger partial charge < -0.3 is 10.2 Å². The van der Waals surface area contributed by atoms with E-state index >= 15 is 0 Å². The third-order valence-corrected chi connectivity index (χ3v) is 4.80. The van der Waals surface area contributed by atoms with Gasteiger partial charge in [0, 0.05) is 18.6 Å². The quantitative estimate of drug-likeness (QED) is 0.849. The summed E-state index contributed by atoms with van der Waals surface area (Å²) in [5.41, 5.74) is 0. The molecule has 102 valence electrons. The summed E-state index contributed by atoms with van der Waals surface area (Å²) >= 11 is 11.5. The highest BCUT2D eigenvalue weighted by molar-refractivity contribution is 7.89. The van der Waals surface area contributed by atoms with Crippen LogP contribution < -0.4 is 0 Å². The molecule has 0 heterocycles. The number of rotatable bonds is 5. The van der Waals surface area contributed by atoms with Gasteiger partial charge in [-0.25, -0.2) is 8.42 Å². The van der Waals surface area contributed by atoms with Crippen LogP contribution in [0.5, 0.6) is 0 Å². The molecule has 8 heteroatoms. The molecule has 0 spiro atoms. The Morgan fingerprint density at radius 3 is 2.50 bits per heavy atom. The van der Waals surface area contributed by atoms with Crippen LogP contribution in [0.1, 0.15) is 0 Å². The first kappa shape index (κ1) is 15.7. The van der Waals surface area contributed by atoms with E-state index < -0.39 is 22.7 Å². The van der Waals surface area contributed by atoms with Crippen molar-refractivity contribution >= 4 is 33.2 Å². The minimum absolute atomic E-state index is 0.00726. The van der Waals surface area contributed by atoms with Gasteiger partial charge >= 0.3 is 0 Å². The molecule has 0 bridgehead atoms. The fraction of sp³-hybridized carbons (Fsp3) is 0.400. The Morgan fingerprint density at radius 1 is 1.39 bits per heavy atom. The minimum Gasteiger partial charge on any atom is -0.394 e. The average Bonchev–Trinajstić information content (AvgIpc) is 2.28. The predicted octanol–water partition coefficient (Wildman–Crippen LogP) is 0.967. The fourth-order valence-corrected chi connectivity index (χ4v) is 3.26. The number of hydrogen-bond acceptors (Lipinski definition) is 4. The highest BCUT2D eigenvalue weighted by Crippen LogP contribution is 2.26. The number of nitrogens with zero attached hydrogens (tertiary/aromatic N) is 1. The van der Waals surface area contributed by atoms with E-state index in [4.69, 9.17) is 28.3 Å². The van der Waals surface area contributed by atoms with E-state index in [-0.39, 0.29) is 16.5 Å². The van der Waals surface area contributed by atoms with Crippen molar-refractivity contribution in [2.75, 3.05) is 20.2 Å². The molecule has 1 atom stereocenters. The lowest BCUT2D eigenvalue weighted by atomic mass is 10.4. The summed E-state index contributed by atoms with van der Waals surface area (Å²) in [7, 11) is -2.53. The van der Waals surface area contributed by atoms with Crippen molar-refractivity contribution in [1.82, 2.24) is 4.31 Å². The van der Waals surface area contributed by atoms with Crippen molar-refractivity contribution in [2.24, 2.45) is 0 Å². The van der Waals surface area contributed by atoms with Crippen molar-refractivity contribution in [3.05, 3.63) is 28.2 Å². The molecule has 0 aliphatic carbocycles. The fourth-order valence-electron chi connectivity index (χ4n) is 1.30. The number of aliphatic hydroxyl groups is 2. The van der Waals surface area contributed by atoms with Crippen molar-refractivity contribution in [2.45, 2.75) is 11.0 Å². The third-order valence-electron chi connectivity index (χ3n) is 2.26. The molecular formula is C10H13Cl2NO4S. The maximum Gasteiger partial charge on any atom is 0.244 e. The maximum absolute atomic E-state index is 12.1. The van der Waals surface area contributed by atoms with Crippen LogP contribution in [0.25, 0.3) is 0 Å². The van der Waals surface area contributed by atoms with E-state index in [0.717, 1.165) is 4.31 Å². The molecule has 0 radical (unpaired) electrons. The van der Waals surface area contributed by atoms with E-state index in [2.05, 4.69) is 0 Å². The van der Waals surface area contributed by atoms with E-state index in [0.29, 0.717) is 5.02 Å². The standard InChI is InChI=1S/C10H13Cl2NO4S/c1-13(5-8(15)6-14)18(16,17)10-3-2-7(11)4-9(10)12/h2-4,8,14-15H,5-6H2,1H3. The Labute approximate surface area is 116 Å². The summed E-state index contributed by atoms with van der Waals surface area (Å²) in [4.78, 5) is -0.0961. The number of sulfonamides is 1. The molecule has 1 unspecified atom stereocenters. The van der Waals surface area contributed by atoms with Gasteiger partial charge in [0.25, 0.3) is 0 Å². The van der Waals surface area contributed by atoms with Gasteiger partial charge in [0.1, 0.15) is 4.90 Å². The van der Waals surface area contributed by atoms with Crippen molar-refractivity contribution in [3.63, 3.8) is 0 Å². The molecular weight excluding hydrogens is 301 g/mol.